The van der Waals surface area contributed by atoms with Crippen LogP contribution in [0.15, 0.2) is 54.6 Å². The van der Waals surface area contributed by atoms with Crippen LogP contribution in [0.4, 0.5) is 4.79 Å². The number of piperazine rings is 1. The Morgan fingerprint density at radius 1 is 1.14 bits per heavy atom. The number of primary amides is 1. The van der Waals surface area contributed by atoms with Crippen LogP contribution in [-0.2, 0) is 4.79 Å². The number of halogens is 1. The summed E-state index contributed by atoms with van der Waals surface area (Å²) in [5.41, 5.74) is 7.24. The SMILES string of the molecule is CN1CCN(C(=O)CC(NC(N)=O)c2ccc(Cl)cc2)C(c2ccccc2)C1. The quantitative estimate of drug-likeness (QED) is 0.809. The fraction of sp³-hybridized carbons (Fsp3) is 0.333. The molecule has 1 aliphatic rings. The highest BCUT2D eigenvalue weighted by Gasteiger charge is 2.31. The lowest BCUT2D eigenvalue weighted by molar-refractivity contribution is -0.136. The van der Waals surface area contributed by atoms with Crippen molar-refractivity contribution in [2.24, 2.45) is 5.73 Å². The summed E-state index contributed by atoms with van der Waals surface area (Å²) in [6, 6.07) is 15.9. The smallest absolute Gasteiger partial charge is 0.312 e. The molecule has 0 spiro atoms. The third-order valence-electron chi connectivity index (χ3n) is 5.06. The molecule has 1 saturated heterocycles. The van der Waals surface area contributed by atoms with E-state index in [1.807, 2.05) is 35.2 Å². The number of benzene rings is 2. The number of carbonyl (C=O) groups is 2. The number of nitrogens with one attached hydrogen (secondary N) is 1. The fourth-order valence-electron chi connectivity index (χ4n) is 3.59. The van der Waals surface area contributed by atoms with Crippen molar-refractivity contribution < 1.29 is 9.59 Å². The van der Waals surface area contributed by atoms with Crippen LogP contribution >= 0.6 is 11.6 Å². The molecule has 28 heavy (non-hydrogen) atoms. The third-order valence-corrected chi connectivity index (χ3v) is 5.31. The molecule has 1 aliphatic heterocycles. The summed E-state index contributed by atoms with van der Waals surface area (Å²) >= 11 is 5.96. The van der Waals surface area contributed by atoms with Crippen molar-refractivity contribution in [2.75, 3.05) is 26.7 Å². The van der Waals surface area contributed by atoms with Crippen molar-refractivity contribution in [3.63, 3.8) is 0 Å². The molecule has 2 unspecified atom stereocenters. The van der Waals surface area contributed by atoms with E-state index in [1.54, 1.807) is 24.3 Å². The Bertz CT molecular complexity index is 813. The molecule has 6 nitrogen and oxygen atoms in total. The normalized spacial score (nSPS) is 18.5. The van der Waals surface area contributed by atoms with Gasteiger partial charge in [-0.3, -0.25) is 4.79 Å². The molecule has 3 rings (SSSR count). The van der Waals surface area contributed by atoms with Crippen LogP contribution < -0.4 is 11.1 Å². The summed E-state index contributed by atoms with van der Waals surface area (Å²) in [4.78, 5) is 28.8. The highest BCUT2D eigenvalue weighted by atomic mass is 35.5. The van der Waals surface area contributed by atoms with E-state index in [1.165, 1.54) is 0 Å². The van der Waals surface area contributed by atoms with E-state index in [-0.39, 0.29) is 18.4 Å². The summed E-state index contributed by atoms with van der Waals surface area (Å²) in [7, 11) is 2.06. The molecular weight excluding hydrogens is 376 g/mol. The minimum Gasteiger partial charge on any atom is -0.352 e. The van der Waals surface area contributed by atoms with Gasteiger partial charge in [-0.2, -0.15) is 0 Å². The van der Waals surface area contributed by atoms with Crippen molar-refractivity contribution in [3.05, 3.63) is 70.7 Å². The number of hydrogen-bond acceptors (Lipinski definition) is 3. The number of likely N-dealkylation sites (N-methyl/N-ethyl adjacent to an activating group) is 1. The number of urea groups is 1. The molecule has 0 radical (unpaired) electrons. The molecule has 0 bridgehead atoms. The lowest BCUT2D eigenvalue weighted by Crippen LogP contribution is -2.50. The van der Waals surface area contributed by atoms with Crippen LogP contribution in [0.1, 0.15) is 29.6 Å². The van der Waals surface area contributed by atoms with Gasteiger partial charge in [0.1, 0.15) is 0 Å². The first-order valence-corrected chi connectivity index (χ1v) is 9.66. The van der Waals surface area contributed by atoms with E-state index in [4.69, 9.17) is 17.3 Å². The van der Waals surface area contributed by atoms with Gasteiger partial charge in [0.05, 0.1) is 18.5 Å². The van der Waals surface area contributed by atoms with E-state index in [2.05, 4.69) is 17.3 Å². The predicted octanol–water partition coefficient (Wildman–Crippen LogP) is 2.95. The van der Waals surface area contributed by atoms with Gasteiger partial charge >= 0.3 is 6.03 Å². The Hall–Kier alpha value is -2.57. The Morgan fingerprint density at radius 3 is 2.46 bits per heavy atom. The van der Waals surface area contributed by atoms with Gasteiger partial charge < -0.3 is 20.9 Å². The number of hydrogen-bond donors (Lipinski definition) is 2. The van der Waals surface area contributed by atoms with E-state index in [0.717, 1.165) is 24.2 Å². The standard InChI is InChI=1S/C21H25ClN4O2/c1-25-11-12-26(19(14-25)16-5-3-2-4-6-16)20(27)13-18(24-21(23)28)15-7-9-17(22)10-8-15/h2-10,18-19H,11-14H2,1H3,(H3,23,24,28). The van der Waals surface area contributed by atoms with Gasteiger partial charge in [-0.05, 0) is 30.3 Å². The molecule has 0 saturated carbocycles. The van der Waals surface area contributed by atoms with Crippen molar-refractivity contribution in [1.82, 2.24) is 15.1 Å². The zero-order valence-electron chi connectivity index (χ0n) is 15.8. The largest absolute Gasteiger partial charge is 0.352 e. The van der Waals surface area contributed by atoms with Gasteiger partial charge in [0, 0.05) is 24.7 Å². The maximum atomic E-state index is 13.2. The van der Waals surface area contributed by atoms with E-state index in [9.17, 15) is 9.59 Å². The number of nitrogens with zero attached hydrogens (tertiary/aromatic N) is 2. The van der Waals surface area contributed by atoms with E-state index < -0.39 is 12.1 Å². The Balaban J connectivity index is 1.80. The second-order valence-electron chi connectivity index (χ2n) is 7.09. The Labute approximate surface area is 170 Å². The van der Waals surface area contributed by atoms with Gasteiger partial charge in [-0.15, -0.1) is 0 Å². The summed E-state index contributed by atoms with van der Waals surface area (Å²) in [6.45, 7) is 2.22. The second-order valence-corrected chi connectivity index (χ2v) is 7.53. The van der Waals surface area contributed by atoms with Crippen molar-refractivity contribution >= 4 is 23.5 Å². The Kier molecular flexibility index (Phi) is 6.54. The topological polar surface area (TPSA) is 78.7 Å². The van der Waals surface area contributed by atoms with Crippen LogP contribution in [0.3, 0.4) is 0 Å². The molecule has 0 aliphatic carbocycles. The number of amides is 3. The van der Waals surface area contributed by atoms with Crippen molar-refractivity contribution in [2.45, 2.75) is 18.5 Å². The zero-order valence-corrected chi connectivity index (χ0v) is 16.6. The second kappa shape index (κ2) is 9.08. The van der Waals surface area contributed by atoms with Gasteiger partial charge in [-0.25, -0.2) is 4.79 Å². The molecule has 7 heteroatoms. The lowest BCUT2D eigenvalue weighted by Gasteiger charge is -2.41. The molecule has 2 aromatic rings. The first kappa shape index (κ1) is 20.2. The maximum Gasteiger partial charge on any atom is 0.312 e. The van der Waals surface area contributed by atoms with Crippen LogP contribution in [0, 0.1) is 0 Å². The van der Waals surface area contributed by atoms with Crippen molar-refractivity contribution in [3.8, 4) is 0 Å². The van der Waals surface area contributed by atoms with Crippen LogP contribution in [0.25, 0.3) is 0 Å². The van der Waals surface area contributed by atoms with Gasteiger partial charge in [0.15, 0.2) is 0 Å². The number of carbonyl (C=O) groups excluding carboxylic acids is 2. The molecule has 148 valence electrons. The maximum absolute atomic E-state index is 13.2. The molecule has 1 fully saturated rings. The zero-order chi connectivity index (χ0) is 20.1. The average molecular weight is 401 g/mol. The van der Waals surface area contributed by atoms with Gasteiger partial charge in [-0.1, -0.05) is 54.1 Å². The summed E-state index contributed by atoms with van der Waals surface area (Å²) in [5.74, 6) is -0.0179. The lowest BCUT2D eigenvalue weighted by atomic mass is 9.99. The van der Waals surface area contributed by atoms with Crippen molar-refractivity contribution in [1.29, 1.82) is 0 Å². The minimum absolute atomic E-state index is 0.0179. The van der Waals surface area contributed by atoms with Gasteiger partial charge in [0.25, 0.3) is 0 Å². The average Bonchev–Trinajstić information content (AvgIpc) is 2.68. The number of rotatable bonds is 5. The van der Waals surface area contributed by atoms with Crippen LogP contribution in [0.2, 0.25) is 5.02 Å². The monoisotopic (exact) mass is 400 g/mol. The summed E-state index contributed by atoms with van der Waals surface area (Å²) < 4.78 is 0. The third kappa shape index (κ3) is 5.03. The number of nitrogens with two attached hydrogens (primary N) is 1. The Morgan fingerprint density at radius 2 is 1.82 bits per heavy atom. The first-order valence-electron chi connectivity index (χ1n) is 9.28. The molecule has 1 heterocycles. The highest BCUT2D eigenvalue weighted by molar-refractivity contribution is 6.30. The van der Waals surface area contributed by atoms with Crippen LogP contribution in [0.5, 0.6) is 0 Å². The molecule has 0 aromatic heterocycles. The van der Waals surface area contributed by atoms with E-state index >= 15 is 0 Å². The first-order chi connectivity index (χ1) is 13.4. The summed E-state index contributed by atoms with van der Waals surface area (Å²) in [6.07, 6.45) is 0.137. The summed E-state index contributed by atoms with van der Waals surface area (Å²) in [5, 5.41) is 3.28. The van der Waals surface area contributed by atoms with Crippen LogP contribution in [-0.4, -0.2) is 48.4 Å². The minimum atomic E-state index is -0.661. The van der Waals surface area contributed by atoms with E-state index in [0.29, 0.717) is 11.6 Å². The van der Waals surface area contributed by atoms with Gasteiger partial charge in [0.2, 0.25) is 5.91 Å². The predicted molar refractivity (Wildman–Crippen MR) is 110 cm³/mol. The highest BCUT2D eigenvalue weighted by Crippen LogP contribution is 2.28. The molecule has 2 atom stereocenters. The molecule has 3 amide bonds. The molecule has 3 N–H and O–H groups in total. The molecule has 2 aromatic carbocycles. The fourth-order valence-corrected chi connectivity index (χ4v) is 3.72. The molecular formula is C21H25ClN4O2.